The summed E-state index contributed by atoms with van der Waals surface area (Å²) in [4.78, 5) is 4.05. The van der Waals surface area contributed by atoms with Crippen molar-refractivity contribution in [1.82, 2.24) is 4.98 Å². The van der Waals surface area contributed by atoms with E-state index in [0.29, 0.717) is 28.1 Å². The predicted molar refractivity (Wildman–Crippen MR) is 63.3 cm³/mol. The quantitative estimate of drug-likeness (QED) is 0.877. The van der Waals surface area contributed by atoms with Crippen molar-refractivity contribution < 1.29 is 5.11 Å². The lowest BCUT2D eigenvalue weighted by molar-refractivity contribution is 0.142. The van der Waals surface area contributed by atoms with E-state index in [2.05, 4.69) is 18.8 Å². The summed E-state index contributed by atoms with van der Waals surface area (Å²) in [6.45, 7) is 4.18. The molecule has 1 rings (SSSR count). The van der Waals surface area contributed by atoms with Gasteiger partial charge in [0.15, 0.2) is 0 Å². The summed E-state index contributed by atoms with van der Waals surface area (Å²) < 4.78 is 0. The van der Waals surface area contributed by atoms with Crippen molar-refractivity contribution in [2.45, 2.75) is 32.8 Å². The van der Waals surface area contributed by atoms with Crippen LogP contribution in [0.15, 0.2) is 12.3 Å². The fraction of sp³-hybridized carbons (Fsp3) is 0.545. The lowest BCUT2D eigenvalue weighted by atomic mass is 9.99. The Morgan fingerprint density at radius 1 is 1.47 bits per heavy atom. The molecule has 15 heavy (non-hydrogen) atoms. The van der Waals surface area contributed by atoms with Crippen molar-refractivity contribution in [2.75, 3.05) is 0 Å². The van der Waals surface area contributed by atoms with E-state index in [9.17, 15) is 5.11 Å². The normalized spacial score (nSPS) is 15.0. The van der Waals surface area contributed by atoms with Crippen LogP contribution in [0, 0.1) is 5.92 Å². The maximum Gasteiger partial charge on any atom is 0.0977 e. The standard InChI is InChI=1S/C11H15Cl2NO/c1-3-7(2)4-10(15)11-9(13)5-8(12)6-14-11/h5-7,10,15H,3-4H2,1-2H3. The lowest BCUT2D eigenvalue weighted by Crippen LogP contribution is -2.06. The number of hydrogen-bond donors (Lipinski definition) is 1. The van der Waals surface area contributed by atoms with Crippen molar-refractivity contribution in [2.24, 2.45) is 5.92 Å². The fourth-order valence-corrected chi connectivity index (χ4v) is 1.84. The summed E-state index contributed by atoms with van der Waals surface area (Å²) in [7, 11) is 0. The van der Waals surface area contributed by atoms with E-state index in [0.717, 1.165) is 6.42 Å². The second-order valence-electron chi connectivity index (χ2n) is 3.79. The highest BCUT2D eigenvalue weighted by atomic mass is 35.5. The Morgan fingerprint density at radius 3 is 2.67 bits per heavy atom. The molecule has 0 aliphatic rings. The Labute approximate surface area is 100 Å². The molecule has 1 aromatic rings. The van der Waals surface area contributed by atoms with Gasteiger partial charge in [-0.25, -0.2) is 0 Å². The number of aliphatic hydroxyl groups excluding tert-OH is 1. The number of nitrogens with zero attached hydrogens (tertiary/aromatic N) is 1. The van der Waals surface area contributed by atoms with Gasteiger partial charge in [-0.2, -0.15) is 0 Å². The monoisotopic (exact) mass is 247 g/mol. The molecule has 0 aromatic carbocycles. The minimum atomic E-state index is -0.607. The minimum Gasteiger partial charge on any atom is -0.387 e. The average Bonchev–Trinajstić information content (AvgIpc) is 2.17. The fourth-order valence-electron chi connectivity index (χ4n) is 1.33. The summed E-state index contributed by atoms with van der Waals surface area (Å²) in [5, 5.41) is 10.8. The van der Waals surface area contributed by atoms with Crippen LogP contribution in [0.25, 0.3) is 0 Å². The van der Waals surface area contributed by atoms with Crippen LogP contribution in [-0.4, -0.2) is 10.1 Å². The highest BCUT2D eigenvalue weighted by Crippen LogP contribution is 2.28. The Balaban J connectivity index is 2.77. The minimum absolute atomic E-state index is 0.429. The van der Waals surface area contributed by atoms with Crippen LogP contribution in [0.5, 0.6) is 0 Å². The molecule has 0 saturated heterocycles. The molecule has 0 spiro atoms. The summed E-state index contributed by atoms with van der Waals surface area (Å²) in [5.74, 6) is 0.452. The van der Waals surface area contributed by atoms with Crippen molar-refractivity contribution in [3.8, 4) is 0 Å². The number of pyridine rings is 1. The molecule has 0 bridgehead atoms. The predicted octanol–water partition coefficient (Wildman–Crippen LogP) is 3.86. The third-order valence-corrected chi connectivity index (χ3v) is 2.98. The molecule has 0 radical (unpaired) electrons. The van der Waals surface area contributed by atoms with Gasteiger partial charge in [0.1, 0.15) is 0 Å². The average molecular weight is 248 g/mol. The first kappa shape index (κ1) is 12.8. The van der Waals surface area contributed by atoms with Crippen LogP contribution in [0.4, 0.5) is 0 Å². The Kier molecular flexibility index (Phi) is 4.84. The van der Waals surface area contributed by atoms with Crippen LogP contribution in [-0.2, 0) is 0 Å². The van der Waals surface area contributed by atoms with E-state index in [4.69, 9.17) is 23.2 Å². The maximum atomic E-state index is 9.90. The molecule has 0 aliphatic carbocycles. The molecule has 1 aromatic heterocycles. The van der Waals surface area contributed by atoms with Gasteiger partial charge in [0.2, 0.25) is 0 Å². The molecule has 2 unspecified atom stereocenters. The zero-order chi connectivity index (χ0) is 11.4. The van der Waals surface area contributed by atoms with E-state index in [-0.39, 0.29) is 0 Å². The summed E-state index contributed by atoms with van der Waals surface area (Å²) in [6, 6.07) is 1.60. The first-order valence-corrected chi connectivity index (χ1v) is 5.79. The lowest BCUT2D eigenvalue weighted by Gasteiger charge is -2.15. The molecular weight excluding hydrogens is 233 g/mol. The van der Waals surface area contributed by atoms with Crippen LogP contribution in [0.2, 0.25) is 10.0 Å². The van der Waals surface area contributed by atoms with Crippen LogP contribution < -0.4 is 0 Å². The van der Waals surface area contributed by atoms with E-state index >= 15 is 0 Å². The van der Waals surface area contributed by atoms with E-state index in [1.54, 1.807) is 6.07 Å². The molecule has 4 heteroatoms. The molecule has 2 atom stereocenters. The maximum absolute atomic E-state index is 9.90. The van der Waals surface area contributed by atoms with Gasteiger partial charge in [-0.05, 0) is 18.4 Å². The zero-order valence-electron chi connectivity index (χ0n) is 8.87. The largest absolute Gasteiger partial charge is 0.387 e. The summed E-state index contributed by atoms with van der Waals surface area (Å²) >= 11 is 11.7. The van der Waals surface area contributed by atoms with Crippen molar-refractivity contribution in [3.63, 3.8) is 0 Å². The van der Waals surface area contributed by atoms with E-state index < -0.39 is 6.10 Å². The SMILES string of the molecule is CCC(C)CC(O)c1ncc(Cl)cc1Cl. The topological polar surface area (TPSA) is 33.1 Å². The van der Waals surface area contributed by atoms with Crippen LogP contribution >= 0.6 is 23.2 Å². The molecule has 1 heterocycles. The number of aromatic nitrogens is 1. The Hall–Kier alpha value is -0.310. The summed E-state index contributed by atoms with van der Waals surface area (Å²) in [6.07, 6.45) is 2.60. The highest BCUT2D eigenvalue weighted by Gasteiger charge is 2.15. The molecule has 84 valence electrons. The second kappa shape index (κ2) is 5.69. The molecule has 0 fully saturated rings. The first-order valence-electron chi connectivity index (χ1n) is 5.03. The number of aliphatic hydroxyl groups is 1. The van der Waals surface area contributed by atoms with Crippen LogP contribution in [0.1, 0.15) is 38.5 Å². The number of hydrogen-bond acceptors (Lipinski definition) is 2. The molecule has 0 amide bonds. The van der Waals surface area contributed by atoms with Gasteiger partial charge >= 0.3 is 0 Å². The van der Waals surface area contributed by atoms with Gasteiger partial charge in [-0.3, -0.25) is 4.98 Å². The summed E-state index contributed by atoms with van der Waals surface area (Å²) in [5.41, 5.74) is 0.515. The van der Waals surface area contributed by atoms with Gasteiger partial charge in [-0.1, -0.05) is 43.5 Å². The smallest absolute Gasteiger partial charge is 0.0977 e. The molecule has 2 nitrogen and oxygen atoms in total. The van der Waals surface area contributed by atoms with Gasteiger partial charge in [0, 0.05) is 6.20 Å². The van der Waals surface area contributed by atoms with E-state index in [1.165, 1.54) is 6.20 Å². The number of halogens is 2. The van der Waals surface area contributed by atoms with Gasteiger partial charge in [0.25, 0.3) is 0 Å². The molecule has 0 saturated carbocycles. The zero-order valence-corrected chi connectivity index (χ0v) is 10.4. The molecule has 0 aliphatic heterocycles. The van der Waals surface area contributed by atoms with Crippen molar-refractivity contribution in [1.29, 1.82) is 0 Å². The Bertz CT molecular complexity index is 330. The molecular formula is C11H15Cl2NO. The third kappa shape index (κ3) is 3.63. The molecule has 1 N–H and O–H groups in total. The second-order valence-corrected chi connectivity index (χ2v) is 4.63. The Morgan fingerprint density at radius 2 is 2.13 bits per heavy atom. The third-order valence-electron chi connectivity index (χ3n) is 2.47. The highest BCUT2D eigenvalue weighted by molar-refractivity contribution is 6.34. The number of rotatable bonds is 4. The van der Waals surface area contributed by atoms with Gasteiger partial charge in [0.05, 0.1) is 21.8 Å². The van der Waals surface area contributed by atoms with Gasteiger partial charge in [-0.15, -0.1) is 0 Å². The van der Waals surface area contributed by atoms with Crippen molar-refractivity contribution in [3.05, 3.63) is 28.0 Å². The first-order chi connectivity index (χ1) is 7.04. The van der Waals surface area contributed by atoms with Gasteiger partial charge < -0.3 is 5.11 Å². The van der Waals surface area contributed by atoms with E-state index in [1.807, 2.05) is 0 Å². The van der Waals surface area contributed by atoms with Crippen LogP contribution in [0.3, 0.4) is 0 Å². The van der Waals surface area contributed by atoms with Crippen molar-refractivity contribution >= 4 is 23.2 Å².